The maximum absolute atomic E-state index is 11.1. The number of rotatable bonds is 2. The monoisotopic (exact) mass is 219 g/mol. The zero-order valence-electron chi connectivity index (χ0n) is 8.15. The van der Waals surface area contributed by atoms with Crippen molar-refractivity contribution >= 4 is 33.3 Å². The lowest BCUT2D eigenvalue weighted by Crippen LogP contribution is -2.08. The van der Waals surface area contributed by atoms with Gasteiger partial charge in [-0.3, -0.25) is 4.79 Å². The van der Waals surface area contributed by atoms with Crippen LogP contribution in [0.25, 0.3) is 10.2 Å². The number of thiophene rings is 1. The Morgan fingerprint density at radius 3 is 3.13 bits per heavy atom. The number of nitrogens with zero attached hydrogens (tertiary/aromatic N) is 2. The summed E-state index contributed by atoms with van der Waals surface area (Å²) in [6.45, 7) is 5.37. The number of amides is 1. The Balaban J connectivity index is 2.51. The van der Waals surface area contributed by atoms with E-state index in [1.165, 1.54) is 23.7 Å². The largest absolute Gasteiger partial charge is 0.306 e. The topological polar surface area (TPSA) is 54.9 Å². The fraction of sp³-hybridized carbons (Fsp3) is 0.100. The van der Waals surface area contributed by atoms with E-state index in [2.05, 4.69) is 21.9 Å². The Kier molecular flexibility index (Phi) is 2.47. The van der Waals surface area contributed by atoms with Crippen molar-refractivity contribution in [2.24, 2.45) is 0 Å². The maximum Gasteiger partial charge on any atom is 0.248 e. The fourth-order valence-corrected chi connectivity index (χ4v) is 2.17. The number of fused-ring (bicyclic) bond motifs is 1. The van der Waals surface area contributed by atoms with Crippen LogP contribution in [0.1, 0.15) is 5.56 Å². The summed E-state index contributed by atoms with van der Waals surface area (Å²) in [5.74, 6) is 0.282. The third-order valence-electron chi connectivity index (χ3n) is 1.96. The van der Waals surface area contributed by atoms with Gasteiger partial charge in [0.15, 0.2) is 5.82 Å². The molecule has 15 heavy (non-hydrogen) atoms. The molecule has 0 bridgehead atoms. The highest BCUT2D eigenvalue weighted by Crippen LogP contribution is 2.28. The lowest BCUT2D eigenvalue weighted by atomic mass is 10.3. The Labute approximate surface area is 90.7 Å². The minimum Gasteiger partial charge on any atom is -0.306 e. The lowest BCUT2D eigenvalue weighted by Gasteiger charge is -2.01. The average Bonchev–Trinajstić information content (AvgIpc) is 2.62. The number of carbonyl (C=O) groups is 1. The number of hydrogen-bond donors (Lipinski definition) is 1. The molecular formula is C10H9N3OS. The summed E-state index contributed by atoms with van der Waals surface area (Å²) in [6.07, 6.45) is 2.66. The van der Waals surface area contributed by atoms with Crippen molar-refractivity contribution in [1.82, 2.24) is 9.97 Å². The van der Waals surface area contributed by atoms with Crippen LogP contribution in [0.2, 0.25) is 0 Å². The molecule has 0 aromatic carbocycles. The molecule has 0 aliphatic rings. The van der Waals surface area contributed by atoms with Crippen molar-refractivity contribution in [1.29, 1.82) is 0 Å². The summed E-state index contributed by atoms with van der Waals surface area (Å²) in [4.78, 5) is 19.3. The molecule has 5 heteroatoms. The highest BCUT2D eigenvalue weighted by molar-refractivity contribution is 7.18. The number of anilines is 1. The molecule has 0 aliphatic carbocycles. The minimum atomic E-state index is -0.263. The van der Waals surface area contributed by atoms with E-state index in [9.17, 15) is 4.79 Å². The molecule has 0 atom stereocenters. The first-order chi connectivity index (χ1) is 7.22. The molecule has 0 fully saturated rings. The average molecular weight is 219 g/mol. The molecule has 0 unspecified atom stereocenters. The van der Waals surface area contributed by atoms with Crippen molar-refractivity contribution < 1.29 is 4.79 Å². The summed E-state index contributed by atoms with van der Waals surface area (Å²) in [5, 5.41) is 4.64. The molecule has 1 amide bonds. The lowest BCUT2D eigenvalue weighted by molar-refractivity contribution is -0.111. The van der Waals surface area contributed by atoms with E-state index in [0.717, 1.165) is 15.8 Å². The predicted octanol–water partition coefficient (Wildman–Crippen LogP) is 2.12. The van der Waals surface area contributed by atoms with Crippen LogP contribution >= 0.6 is 11.3 Å². The van der Waals surface area contributed by atoms with Crippen LogP contribution in [0, 0.1) is 6.92 Å². The summed E-state index contributed by atoms with van der Waals surface area (Å²) in [6, 6.07) is 0. The maximum atomic E-state index is 11.1. The van der Waals surface area contributed by atoms with Crippen LogP contribution in [0.4, 0.5) is 5.82 Å². The van der Waals surface area contributed by atoms with Gasteiger partial charge in [0.05, 0.1) is 10.2 Å². The van der Waals surface area contributed by atoms with Gasteiger partial charge in [-0.05, 0) is 23.9 Å². The van der Waals surface area contributed by atoms with Gasteiger partial charge >= 0.3 is 0 Å². The molecule has 4 nitrogen and oxygen atoms in total. The minimum absolute atomic E-state index is 0.263. The van der Waals surface area contributed by atoms with Crippen molar-refractivity contribution in [3.05, 3.63) is 29.9 Å². The van der Waals surface area contributed by atoms with Gasteiger partial charge in [-0.15, -0.1) is 11.3 Å². The molecule has 2 rings (SSSR count). The third kappa shape index (κ3) is 1.73. The number of carbonyl (C=O) groups excluding carboxylic acids is 1. The van der Waals surface area contributed by atoms with Gasteiger partial charge in [-0.1, -0.05) is 6.58 Å². The van der Waals surface area contributed by atoms with E-state index >= 15 is 0 Å². The second-order valence-electron chi connectivity index (χ2n) is 3.01. The third-order valence-corrected chi connectivity index (χ3v) is 3.05. The molecule has 2 heterocycles. The van der Waals surface area contributed by atoms with Gasteiger partial charge in [-0.2, -0.15) is 0 Å². The summed E-state index contributed by atoms with van der Waals surface area (Å²) in [5.41, 5.74) is 1.97. The van der Waals surface area contributed by atoms with Gasteiger partial charge in [0.2, 0.25) is 5.91 Å². The van der Waals surface area contributed by atoms with E-state index in [1.54, 1.807) is 0 Å². The predicted molar refractivity (Wildman–Crippen MR) is 61.0 cm³/mol. The molecule has 0 aliphatic heterocycles. The molecule has 0 saturated heterocycles. The molecule has 0 saturated carbocycles. The van der Waals surface area contributed by atoms with Crippen LogP contribution in [-0.2, 0) is 4.79 Å². The zero-order chi connectivity index (χ0) is 10.8. The number of nitrogens with one attached hydrogen (secondary N) is 1. The number of aromatic nitrogens is 2. The summed E-state index contributed by atoms with van der Waals surface area (Å²) in [7, 11) is 0. The van der Waals surface area contributed by atoms with Gasteiger partial charge in [-0.25, -0.2) is 9.97 Å². The van der Waals surface area contributed by atoms with Crippen LogP contribution in [0.5, 0.6) is 0 Å². The first-order valence-electron chi connectivity index (χ1n) is 4.34. The normalized spacial score (nSPS) is 10.2. The molecule has 2 aromatic heterocycles. The highest BCUT2D eigenvalue weighted by atomic mass is 32.1. The Hall–Kier alpha value is -1.75. The first-order valence-corrected chi connectivity index (χ1v) is 5.22. The van der Waals surface area contributed by atoms with Gasteiger partial charge in [0.25, 0.3) is 0 Å². The van der Waals surface area contributed by atoms with Crippen molar-refractivity contribution in [3.63, 3.8) is 0 Å². The molecule has 2 aromatic rings. The van der Waals surface area contributed by atoms with E-state index in [0.29, 0.717) is 5.82 Å². The second-order valence-corrected chi connectivity index (χ2v) is 3.89. The molecule has 0 spiro atoms. The van der Waals surface area contributed by atoms with Crippen LogP contribution < -0.4 is 5.32 Å². The van der Waals surface area contributed by atoms with Crippen LogP contribution in [-0.4, -0.2) is 15.9 Å². The SMILES string of the molecule is C=CC(=O)Nc1ncnc2c(C)csc12. The Morgan fingerprint density at radius 2 is 2.40 bits per heavy atom. The van der Waals surface area contributed by atoms with E-state index in [4.69, 9.17) is 0 Å². The number of aryl methyl sites for hydroxylation is 1. The van der Waals surface area contributed by atoms with Gasteiger partial charge in [0, 0.05) is 0 Å². The van der Waals surface area contributed by atoms with Crippen molar-refractivity contribution in [3.8, 4) is 0 Å². The second kappa shape index (κ2) is 3.78. The van der Waals surface area contributed by atoms with E-state index in [-0.39, 0.29) is 5.91 Å². The van der Waals surface area contributed by atoms with Crippen LogP contribution in [0.15, 0.2) is 24.4 Å². The standard InChI is InChI=1S/C10H9N3OS/c1-3-7(14)13-10-9-8(11-5-12-10)6(2)4-15-9/h3-5H,1H2,2H3,(H,11,12,13,14). The van der Waals surface area contributed by atoms with Crippen LogP contribution in [0.3, 0.4) is 0 Å². The van der Waals surface area contributed by atoms with Crippen molar-refractivity contribution in [2.45, 2.75) is 6.92 Å². The summed E-state index contributed by atoms with van der Waals surface area (Å²) < 4.78 is 0.894. The van der Waals surface area contributed by atoms with Gasteiger partial charge < -0.3 is 5.32 Å². The van der Waals surface area contributed by atoms with Gasteiger partial charge in [0.1, 0.15) is 6.33 Å². The number of hydrogen-bond acceptors (Lipinski definition) is 4. The molecule has 0 radical (unpaired) electrons. The molecular weight excluding hydrogens is 210 g/mol. The molecule has 1 N–H and O–H groups in total. The van der Waals surface area contributed by atoms with E-state index < -0.39 is 0 Å². The smallest absolute Gasteiger partial charge is 0.248 e. The van der Waals surface area contributed by atoms with E-state index in [1.807, 2.05) is 12.3 Å². The zero-order valence-corrected chi connectivity index (χ0v) is 8.97. The fourth-order valence-electron chi connectivity index (χ4n) is 1.23. The van der Waals surface area contributed by atoms with Crippen molar-refractivity contribution in [2.75, 3.05) is 5.32 Å². The first kappa shape index (κ1) is 9.79. The quantitative estimate of drug-likeness (QED) is 0.787. The Bertz CT molecular complexity index is 532. The molecule has 76 valence electrons. The summed E-state index contributed by atoms with van der Waals surface area (Å²) >= 11 is 1.52. The highest BCUT2D eigenvalue weighted by Gasteiger charge is 2.08. The Morgan fingerprint density at radius 1 is 1.60 bits per heavy atom.